The molecule has 0 radical (unpaired) electrons. The monoisotopic (exact) mass is 400 g/mol. The van der Waals surface area contributed by atoms with Gasteiger partial charge in [-0.3, -0.25) is 9.52 Å². The summed E-state index contributed by atoms with van der Waals surface area (Å²) in [6, 6.07) is 17.8. The summed E-state index contributed by atoms with van der Waals surface area (Å²) in [6.07, 6.45) is 0. The van der Waals surface area contributed by atoms with E-state index in [2.05, 4.69) is 10.0 Å². The highest BCUT2D eigenvalue weighted by Gasteiger charge is 2.21. The van der Waals surface area contributed by atoms with Crippen molar-refractivity contribution in [1.82, 2.24) is 0 Å². The van der Waals surface area contributed by atoms with E-state index >= 15 is 0 Å². The fourth-order valence-corrected chi connectivity index (χ4v) is 3.67. The Labute approximate surface area is 162 Å². The van der Waals surface area contributed by atoms with E-state index in [-0.39, 0.29) is 11.3 Å². The Morgan fingerprint density at radius 1 is 0.929 bits per heavy atom. The molecule has 3 aromatic carbocycles. The third kappa shape index (κ3) is 4.29. The maximum Gasteiger partial charge on any atom is 0.264 e. The third-order valence-electron chi connectivity index (χ3n) is 3.89. The molecule has 0 saturated carbocycles. The first-order valence-corrected chi connectivity index (χ1v) is 9.71. The second kappa shape index (κ2) is 8.10. The topological polar surface area (TPSA) is 84.5 Å². The lowest BCUT2D eigenvalue weighted by Crippen LogP contribution is -2.19. The van der Waals surface area contributed by atoms with Gasteiger partial charge in [-0.2, -0.15) is 0 Å². The zero-order chi connectivity index (χ0) is 20.1. The summed E-state index contributed by atoms with van der Waals surface area (Å²) >= 11 is 0. The Kier molecular flexibility index (Phi) is 5.60. The number of rotatable bonds is 6. The lowest BCUT2D eigenvalue weighted by molar-refractivity contribution is 0.102. The molecule has 0 bridgehead atoms. The van der Waals surface area contributed by atoms with Gasteiger partial charge in [-0.15, -0.1) is 0 Å². The number of amides is 1. The first kappa shape index (κ1) is 19.4. The van der Waals surface area contributed by atoms with Crippen molar-refractivity contribution < 1.29 is 22.3 Å². The zero-order valence-electron chi connectivity index (χ0n) is 14.8. The molecule has 0 aliphatic heterocycles. The highest BCUT2D eigenvalue weighted by molar-refractivity contribution is 7.92. The summed E-state index contributed by atoms with van der Waals surface area (Å²) in [5.74, 6) is -0.761. The van der Waals surface area contributed by atoms with E-state index in [1.807, 2.05) is 0 Å². The molecular weight excluding hydrogens is 383 g/mol. The highest BCUT2D eigenvalue weighted by atomic mass is 32.2. The van der Waals surface area contributed by atoms with Crippen molar-refractivity contribution in [2.75, 3.05) is 17.1 Å². The Hall–Kier alpha value is -3.39. The number of halogens is 1. The summed E-state index contributed by atoms with van der Waals surface area (Å²) in [4.78, 5) is 12.1. The first-order chi connectivity index (χ1) is 13.4. The molecule has 0 heterocycles. The molecular formula is C20H17FN2O4S. The second-order valence-electron chi connectivity index (χ2n) is 5.76. The molecule has 3 rings (SSSR count). The number of hydrogen-bond acceptors (Lipinski definition) is 4. The number of ether oxygens (including phenoxy) is 1. The van der Waals surface area contributed by atoms with Gasteiger partial charge in [0.2, 0.25) is 0 Å². The number of para-hydroxylation sites is 1. The van der Waals surface area contributed by atoms with Crippen LogP contribution in [0.2, 0.25) is 0 Å². The van der Waals surface area contributed by atoms with E-state index < -0.39 is 26.6 Å². The van der Waals surface area contributed by atoms with Gasteiger partial charge in [0.15, 0.2) is 0 Å². The molecule has 8 heteroatoms. The normalized spacial score (nSPS) is 10.9. The molecule has 0 spiro atoms. The summed E-state index contributed by atoms with van der Waals surface area (Å²) in [5.41, 5.74) is 0.646. The number of hydrogen-bond donors (Lipinski definition) is 2. The molecule has 0 aliphatic rings. The molecule has 1 amide bonds. The summed E-state index contributed by atoms with van der Waals surface area (Å²) in [5, 5.41) is 2.68. The van der Waals surface area contributed by atoms with Crippen molar-refractivity contribution in [3.8, 4) is 5.75 Å². The molecule has 0 fully saturated rings. The molecule has 0 aliphatic carbocycles. The van der Waals surface area contributed by atoms with Crippen molar-refractivity contribution in [3.05, 3.63) is 84.2 Å². The van der Waals surface area contributed by atoms with E-state index in [0.717, 1.165) is 12.1 Å². The second-order valence-corrected chi connectivity index (χ2v) is 7.41. The fourth-order valence-electron chi connectivity index (χ4n) is 2.51. The Morgan fingerprint density at radius 3 is 2.25 bits per heavy atom. The van der Waals surface area contributed by atoms with Crippen LogP contribution < -0.4 is 14.8 Å². The zero-order valence-corrected chi connectivity index (χ0v) is 15.7. The maximum atomic E-state index is 13.9. The molecule has 6 nitrogen and oxygen atoms in total. The molecule has 28 heavy (non-hydrogen) atoms. The highest BCUT2D eigenvalue weighted by Crippen LogP contribution is 2.23. The molecule has 0 unspecified atom stereocenters. The van der Waals surface area contributed by atoms with E-state index in [1.165, 1.54) is 31.4 Å². The van der Waals surface area contributed by atoms with Gasteiger partial charge in [-0.05, 0) is 48.5 Å². The van der Waals surface area contributed by atoms with Crippen LogP contribution in [0.25, 0.3) is 0 Å². The van der Waals surface area contributed by atoms with Gasteiger partial charge in [0, 0.05) is 5.69 Å². The average molecular weight is 400 g/mol. The Morgan fingerprint density at radius 2 is 1.57 bits per heavy atom. The minimum atomic E-state index is -4.20. The quantitative estimate of drug-likeness (QED) is 0.658. The first-order valence-electron chi connectivity index (χ1n) is 8.22. The fraction of sp³-hybridized carbons (Fsp3) is 0.0500. The minimum absolute atomic E-state index is 0.0387. The van der Waals surface area contributed by atoms with Gasteiger partial charge in [0.05, 0.1) is 18.4 Å². The van der Waals surface area contributed by atoms with Crippen LogP contribution in [-0.4, -0.2) is 21.4 Å². The van der Waals surface area contributed by atoms with Gasteiger partial charge in [0.25, 0.3) is 15.9 Å². The van der Waals surface area contributed by atoms with Crippen LogP contribution in [0.15, 0.2) is 77.7 Å². The molecule has 2 N–H and O–H groups in total. The summed E-state index contributed by atoms with van der Waals surface area (Å²) in [6.45, 7) is 0. The largest absolute Gasteiger partial charge is 0.497 e. The Bertz CT molecular complexity index is 1100. The van der Waals surface area contributed by atoms with E-state index in [4.69, 9.17) is 4.74 Å². The number of nitrogens with one attached hydrogen (secondary N) is 2. The molecule has 0 saturated heterocycles. The smallest absolute Gasteiger partial charge is 0.264 e. The standard InChI is InChI=1S/C20H17FN2O4S/c1-27-15-12-10-14(11-13-15)22-20(24)16-6-2-4-8-18(16)23-28(25,26)19-9-5-3-7-17(19)21/h2-13,23H,1H3,(H,22,24). The number of carbonyl (C=O) groups excluding carboxylic acids is 1. The minimum Gasteiger partial charge on any atom is -0.497 e. The van der Waals surface area contributed by atoms with Crippen LogP contribution in [-0.2, 0) is 10.0 Å². The molecule has 0 atom stereocenters. The van der Waals surface area contributed by atoms with E-state index in [0.29, 0.717) is 11.4 Å². The maximum absolute atomic E-state index is 13.9. The third-order valence-corrected chi connectivity index (χ3v) is 5.29. The summed E-state index contributed by atoms with van der Waals surface area (Å²) in [7, 11) is -2.67. The van der Waals surface area contributed by atoms with Crippen LogP contribution >= 0.6 is 0 Å². The lowest BCUT2D eigenvalue weighted by Gasteiger charge is -2.13. The van der Waals surface area contributed by atoms with Crippen molar-refractivity contribution >= 4 is 27.3 Å². The van der Waals surface area contributed by atoms with Crippen LogP contribution in [0.4, 0.5) is 15.8 Å². The van der Waals surface area contributed by atoms with Gasteiger partial charge < -0.3 is 10.1 Å². The van der Waals surface area contributed by atoms with Gasteiger partial charge >= 0.3 is 0 Å². The molecule has 144 valence electrons. The van der Waals surface area contributed by atoms with Crippen LogP contribution in [0, 0.1) is 5.82 Å². The lowest BCUT2D eigenvalue weighted by atomic mass is 10.1. The number of sulfonamides is 1. The van der Waals surface area contributed by atoms with Crippen LogP contribution in [0.5, 0.6) is 5.75 Å². The van der Waals surface area contributed by atoms with Crippen molar-refractivity contribution in [1.29, 1.82) is 0 Å². The molecule has 0 aromatic heterocycles. The molecule has 3 aromatic rings. The average Bonchev–Trinajstić information content (AvgIpc) is 2.69. The van der Waals surface area contributed by atoms with Gasteiger partial charge in [-0.1, -0.05) is 24.3 Å². The van der Waals surface area contributed by atoms with Crippen molar-refractivity contribution in [2.45, 2.75) is 4.90 Å². The number of carbonyl (C=O) groups is 1. The van der Waals surface area contributed by atoms with E-state index in [1.54, 1.807) is 36.4 Å². The van der Waals surface area contributed by atoms with Crippen molar-refractivity contribution in [3.63, 3.8) is 0 Å². The van der Waals surface area contributed by atoms with Crippen molar-refractivity contribution in [2.24, 2.45) is 0 Å². The SMILES string of the molecule is COc1ccc(NC(=O)c2ccccc2NS(=O)(=O)c2ccccc2F)cc1. The van der Waals surface area contributed by atoms with Crippen LogP contribution in [0.3, 0.4) is 0 Å². The van der Waals surface area contributed by atoms with Gasteiger partial charge in [0.1, 0.15) is 16.5 Å². The predicted octanol–water partition coefficient (Wildman–Crippen LogP) is 3.89. The predicted molar refractivity (Wildman–Crippen MR) is 105 cm³/mol. The Balaban J connectivity index is 1.86. The number of anilines is 2. The van der Waals surface area contributed by atoms with E-state index in [9.17, 15) is 17.6 Å². The number of benzene rings is 3. The number of methoxy groups -OCH3 is 1. The summed E-state index contributed by atoms with van der Waals surface area (Å²) < 4.78 is 46.3. The van der Waals surface area contributed by atoms with Crippen LogP contribution in [0.1, 0.15) is 10.4 Å². The van der Waals surface area contributed by atoms with Gasteiger partial charge in [-0.25, -0.2) is 12.8 Å².